The number of carbonyl (C=O) groups is 1. The number of hydrogen-bond donors (Lipinski definition) is 0. The Hall–Kier alpha value is -2.96. The van der Waals surface area contributed by atoms with Crippen LogP contribution >= 0.6 is 22.9 Å². The van der Waals surface area contributed by atoms with Crippen LogP contribution in [0.3, 0.4) is 0 Å². The van der Waals surface area contributed by atoms with Gasteiger partial charge in [-0.05, 0) is 50.6 Å². The lowest BCUT2D eigenvalue weighted by Crippen LogP contribution is -2.29. The molecule has 30 heavy (non-hydrogen) atoms. The Morgan fingerprint density at radius 3 is 2.47 bits per heavy atom. The molecule has 0 saturated carbocycles. The predicted octanol–water partition coefficient (Wildman–Crippen LogP) is 5.58. The second-order valence-corrected chi connectivity index (χ2v) is 9.06. The molecule has 1 atom stereocenters. The molecular formula is C23H17ClN2O3S. The molecule has 2 aromatic carbocycles. The van der Waals surface area contributed by atoms with Crippen LogP contribution in [-0.4, -0.2) is 10.9 Å². The first-order valence-corrected chi connectivity index (χ1v) is 10.6. The number of nitrogens with zero attached hydrogens (tertiary/aromatic N) is 2. The standard InChI is InChI=1S/C23H17ClN2O3S/c1-11-4-9-17-16(10-11)20(27)18-19(14-5-7-15(24)8-6-14)26(22(28)21(18)29-17)23-25-12(2)13(3)30-23/h4-10,19H,1-3H3/t19-/m1/s1. The highest BCUT2D eigenvalue weighted by Gasteiger charge is 2.45. The molecule has 0 unspecified atom stereocenters. The first-order valence-electron chi connectivity index (χ1n) is 9.45. The number of fused-ring (bicyclic) bond motifs is 2. The summed E-state index contributed by atoms with van der Waals surface area (Å²) >= 11 is 7.50. The maximum atomic E-state index is 13.5. The number of hydrogen-bond acceptors (Lipinski definition) is 5. The van der Waals surface area contributed by atoms with Gasteiger partial charge in [0.15, 0.2) is 10.6 Å². The Kier molecular flexibility index (Phi) is 4.31. The molecule has 0 spiro atoms. The van der Waals surface area contributed by atoms with Crippen LogP contribution in [0.15, 0.2) is 51.7 Å². The van der Waals surface area contributed by atoms with Gasteiger partial charge in [0.1, 0.15) is 5.58 Å². The van der Waals surface area contributed by atoms with Crippen LogP contribution in [-0.2, 0) is 0 Å². The fraction of sp³-hybridized carbons (Fsp3) is 0.174. The normalized spacial score (nSPS) is 15.8. The SMILES string of the molecule is Cc1ccc2oc3c(c(=O)c2c1)[C@@H](c1ccc(Cl)cc1)N(c1nc(C)c(C)s1)C3=O. The van der Waals surface area contributed by atoms with Crippen molar-refractivity contribution in [2.24, 2.45) is 0 Å². The zero-order chi connectivity index (χ0) is 21.2. The molecular weight excluding hydrogens is 420 g/mol. The number of thiazole rings is 1. The van der Waals surface area contributed by atoms with Gasteiger partial charge in [0.2, 0.25) is 5.76 Å². The molecule has 5 nitrogen and oxygen atoms in total. The van der Waals surface area contributed by atoms with Crippen molar-refractivity contribution in [2.45, 2.75) is 26.8 Å². The quantitative estimate of drug-likeness (QED) is 0.411. The number of benzene rings is 2. The Bertz CT molecular complexity index is 1370. The van der Waals surface area contributed by atoms with E-state index in [0.29, 0.717) is 26.7 Å². The maximum absolute atomic E-state index is 13.5. The van der Waals surface area contributed by atoms with Crippen LogP contribution < -0.4 is 10.3 Å². The van der Waals surface area contributed by atoms with E-state index in [1.54, 1.807) is 29.2 Å². The molecule has 0 N–H and O–H groups in total. The van der Waals surface area contributed by atoms with Crippen molar-refractivity contribution in [3.63, 3.8) is 0 Å². The van der Waals surface area contributed by atoms with Crippen LogP contribution in [0.2, 0.25) is 5.02 Å². The van der Waals surface area contributed by atoms with Gasteiger partial charge in [-0.15, -0.1) is 11.3 Å². The molecule has 150 valence electrons. The van der Waals surface area contributed by atoms with Crippen molar-refractivity contribution in [3.8, 4) is 0 Å². The molecule has 5 rings (SSSR count). The molecule has 0 radical (unpaired) electrons. The third-order valence-electron chi connectivity index (χ3n) is 5.43. The van der Waals surface area contributed by atoms with Crippen LogP contribution in [0.1, 0.15) is 43.9 Å². The van der Waals surface area contributed by atoms with Crippen molar-refractivity contribution in [3.05, 3.63) is 90.7 Å². The van der Waals surface area contributed by atoms with E-state index in [0.717, 1.165) is 21.7 Å². The number of halogens is 1. The molecule has 1 amide bonds. The monoisotopic (exact) mass is 436 g/mol. The highest BCUT2D eigenvalue weighted by Crippen LogP contribution is 2.43. The molecule has 0 bridgehead atoms. The number of rotatable bonds is 2. The third-order valence-corrected chi connectivity index (χ3v) is 6.76. The van der Waals surface area contributed by atoms with Gasteiger partial charge >= 0.3 is 0 Å². The van der Waals surface area contributed by atoms with Gasteiger partial charge in [-0.2, -0.15) is 0 Å². The Morgan fingerprint density at radius 2 is 1.80 bits per heavy atom. The van der Waals surface area contributed by atoms with Crippen molar-refractivity contribution in [1.29, 1.82) is 0 Å². The van der Waals surface area contributed by atoms with Gasteiger partial charge in [-0.1, -0.05) is 35.4 Å². The van der Waals surface area contributed by atoms with Gasteiger partial charge in [-0.25, -0.2) is 4.98 Å². The zero-order valence-corrected chi connectivity index (χ0v) is 18.1. The number of aryl methyl sites for hydroxylation is 3. The summed E-state index contributed by atoms with van der Waals surface area (Å²) in [5.74, 6) is -0.292. The summed E-state index contributed by atoms with van der Waals surface area (Å²) in [6.45, 7) is 5.78. The Labute approximate surface area is 181 Å². The minimum absolute atomic E-state index is 0.0711. The van der Waals surface area contributed by atoms with E-state index < -0.39 is 6.04 Å². The zero-order valence-electron chi connectivity index (χ0n) is 16.5. The summed E-state index contributed by atoms with van der Waals surface area (Å²) < 4.78 is 5.98. The van der Waals surface area contributed by atoms with Gasteiger partial charge in [0, 0.05) is 9.90 Å². The van der Waals surface area contributed by atoms with Crippen molar-refractivity contribution in [1.82, 2.24) is 4.98 Å². The second-order valence-electron chi connectivity index (χ2n) is 7.44. The smallest absolute Gasteiger partial charge is 0.297 e. The fourth-order valence-corrected chi connectivity index (χ4v) is 4.87. The van der Waals surface area contributed by atoms with E-state index >= 15 is 0 Å². The lowest BCUT2D eigenvalue weighted by Gasteiger charge is -2.22. The molecule has 3 heterocycles. The summed E-state index contributed by atoms with van der Waals surface area (Å²) in [5, 5.41) is 1.59. The topological polar surface area (TPSA) is 63.4 Å². The van der Waals surface area contributed by atoms with E-state index in [2.05, 4.69) is 4.98 Å². The lowest BCUT2D eigenvalue weighted by atomic mass is 9.98. The van der Waals surface area contributed by atoms with Crippen LogP contribution in [0, 0.1) is 20.8 Å². The number of anilines is 1. The number of aromatic nitrogens is 1. The Balaban J connectivity index is 1.82. The molecule has 2 aromatic heterocycles. The van der Waals surface area contributed by atoms with Crippen LogP contribution in [0.4, 0.5) is 5.13 Å². The van der Waals surface area contributed by atoms with Gasteiger partial charge in [0.25, 0.3) is 5.91 Å². The van der Waals surface area contributed by atoms with E-state index in [1.165, 1.54) is 11.3 Å². The summed E-state index contributed by atoms with van der Waals surface area (Å²) in [5.41, 5.74) is 3.12. The van der Waals surface area contributed by atoms with E-state index in [-0.39, 0.29) is 17.1 Å². The Morgan fingerprint density at radius 1 is 1.07 bits per heavy atom. The van der Waals surface area contributed by atoms with Gasteiger partial charge in [0.05, 0.1) is 22.7 Å². The van der Waals surface area contributed by atoms with Crippen molar-refractivity contribution >= 4 is 44.9 Å². The molecule has 0 fully saturated rings. The fourth-order valence-electron chi connectivity index (χ4n) is 3.80. The largest absolute Gasteiger partial charge is 0.450 e. The molecule has 0 aliphatic carbocycles. The van der Waals surface area contributed by atoms with Crippen molar-refractivity contribution in [2.75, 3.05) is 4.90 Å². The van der Waals surface area contributed by atoms with E-state index in [9.17, 15) is 9.59 Å². The molecule has 1 aliphatic heterocycles. The first-order chi connectivity index (χ1) is 14.3. The molecule has 0 saturated heterocycles. The summed E-state index contributed by atoms with van der Waals surface area (Å²) in [6, 6.07) is 11.9. The predicted molar refractivity (Wildman–Crippen MR) is 119 cm³/mol. The number of carbonyl (C=O) groups excluding carboxylic acids is 1. The molecule has 4 aromatic rings. The van der Waals surface area contributed by atoms with E-state index in [1.807, 2.05) is 39.0 Å². The molecule has 7 heteroatoms. The second kappa shape index (κ2) is 6.79. The lowest BCUT2D eigenvalue weighted by molar-refractivity contribution is 0.0971. The highest BCUT2D eigenvalue weighted by molar-refractivity contribution is 7.15. The summed E-state index contributed by atoms with van der Waals surface area (Å²) in [4.78, 5) is 34.2. The first kappa shape index (κ1) is 19.0. The highest BCUT2D eigenvalue weighted by atomic mass is 35.5. The third kappa shape index (κ3) is 2.79. The average molecular weight is 437 g/mol. The minimum Gasteiger partial charge on any atom is -0.450 e. The summed E-state index contributed by atoms with van der Waals surface area (Å²) in [7, 11) is 0. The maximum Gasteiger partial charge on any atom is 0.297 e. The van der Waals surface area contributed by atoms with Gasteiger partial charge in [-0.3, -0.25) is 14.5 Å². The van der Waals surface area contributed by atoms with Crippen LogP contribution in [0.25, 0.3) is 11.0 Å². The van der Waals surface area contributed by atoms with E-state index in [4.69, 9.17) is 16.0 Å². The van der Waals surface area contributed by atoms with Crippen molar-refractivity contribution < 1.29 is 9.21 Å². The minimum atomic E-state index is -0.629. The average Bonchev–Trinajstić information content (AvgIpc) is 3.20. The number of amides is 1. The van der Waals surface area contributed by atoms with Crippen LogP contribution in [0.5, 0.6) is 0 Å². The molecule has 1 aliphatic rings. The summed E-state index contributed by atoms with van der Waals surface area (Å²) in [6.07, 6.45) is 0. The van der Waals surface area contributed by atoms with Gasteiger partial charge < -0.3 is 4.42 Å².